The molecule has 0 fully saturated rings. The number of hydrogen-bond acceptors (Lipinski definition) is 3. The number of benzene rings is 3. The van der Waals surface area contributed by atoms with Crippen molar-refractivity contribution in [2.24, 2.45) is 0 Å². The quantitative estimate of drug-likeness (QED) is 0.209. The molecule has 1 amide bonds. The Bertz CT molecular complexity index is 1120. The van der Waals surface area contributed by atoms with E-state index in [1.54, 1.807) is 18.2 Å². The minimum absolute atomic E-state index is 0.0126. The molecule has 0 aromatic heterocycles. The van der Waals surface area contributed by atoms with Crippen molar-refractivity contribution in [2.45, 2.75) is 13.2 Å². The molecule has 3 aromatic carbocycles. The molecule has 0 aliphatic heterocycles. The number of halogens is 3. The maximum atomic E-state index is 13.0. The summed E-state index contributed by atoms with van der Waals surface area (Å²) in [5.74, 6) is -0.0972. The Balaban J connectivity index is 1.71. The second-order valence-corrected chi connectivity index (χ2v) is 8.58. The van der Waals surface area contributed by atoms with Gasteiger partial charge in [-0.25, -0.2) is 4.39 Å². The van der Waals surface area contributed by atoms with Crippen LogP contribution in [0.5, 0.6) is 5.75 Å². The molecule has 3 rings (SSSR count). The number of ether oxygens (including phenoxy) is 1. The first-order chi connectivity index (χ1) is 15.0. The van der Waals surface area contributed by atoms with Crippen LogP contribution in [0.25, 0.3) is 6.08 Å². The number of nitrogens with zero attached hydrogens (tertiary/aromatic N) is 1. The number of nitrogens with one attached hydrogen (secondary N) is 1. The second kappa shape index (κ2) is 11.1. The van der Waals surface area contributed by atoms with Gasteiger partial charge in [0.25, 0.3) is 5.91 Å². The SMILES string of the molecule is N#C/C(=C/c1cc(Br)c(OCc2ccc(F)cc2)c(I)c1)C(=O)NCc1ccccc1. The van der Waals surface area contributed by atoms with E-state index in [4.69, 9.17) is 4.74 Å². The van der Waals surface area contributed by atoms with Crippen molar-refractivity contribution in [3.8, 4) is 11.8 Å². The second-order valence-electron chi connectivity index (χ2n) is 6.57. The zero-order valence-corrected chi connectivity index (χ0v) is 20.0. The third-order valence-corrected chi connectivity index (χ3v) is 5.68. The summed E-state index contributed by atoms with van der Waals surface area (Å²) in [6.45, 7) is 0.630. The first-order valence-electron chi connectivity index (χ1n) is 9.26. The van der Waals surface area contributed by atoms with Crippen LogP contribution in [0.15, 0.2) is 76.8 Å². The van der Waals surface area contributed by atoms with Crippen molar-refractivity contribution >= 4 is 50.5 Å². The van der Waals surface area contributed by atoms with Crippen molar-refractivity contribution < 1.29 is 13.9 Å². The zero-order valence-electron chi connectivity index (χ0n) is 16.2. The maximum Gasteiger partial charge on any atom is 0.262 e. The Morgan fingerprint density at radius 3 is 2.48 bits per heavy atom. The third-order valence-electron chi connectivity index (χ3n) is 4.29. The molecule has 3 aromatic rings. The summed E-state index contributed by atoms with van der Waals surface area (Å²) < 4.78 is 20.4. The Kier molecular flexibility index (Phi) is 8.20. The fourth-order valence-corrected chi connectivity index (χ4v) is 4.49. The van der Waals surface area contributed by atoms with E-state index in [1.165, 1.54) is 18.2 Å². The topological polar surface area (TPSA) is 62.1 Å². The number of carbonyl (C=O) groups excluding carboxylic acids is 1. The zero-order chi connectivity index (χ0) is 22.2. The molecule has 0 atom stereocenters. The monoisotopic (exact) mass is 590 g/mol. The molecule has 31 heavy (non-hydrogen) atoms. The van der Waals surface area contributed by atoms with Crippen LogP contribution in [-0.2, 0) is 17.9 Å². The molecule has 156 valence electrons. The molecule has 4 nitrogen and oxygen atoms in total. The molecule has 0 saturated heterocycles. The van der Waals surface area contributed by atoms with Crippen molar-refractivity contribution in [3.63, 3.8) is 0 Å². The molecular weight excluding hydrogens is 574 g/mol. The highest BCUT2D eigenvalue weighted by Crippen LogP contribution is 2.33. The predicted octanol–water partition coefficient (Wildman–Crippen LogP) is 6.00. The normalized spacial score (nSPS) is 11.0. The lowest BCUT2D eigenvalue weighted by Gasteiger charge is -2.12. The molecule has 0 unspecified atom stereocenters. The van der Waals surface area contributed by atoms with Gasteiger partial charge in [0.2, 0.25) is 0 Å². The Labute approximate surface area is 202 Å². The van der Waals surface area contributed by atoms with Gasteiger partial charge in [0.1, 0.15) is 29.8 Å². The molecule has 0 aliphatic rings. The maximum absolute atomic E-state index is 13.0. The number of rotatable bonds is 7. The fraction of sp³-hybridized carbons (Fsp3) is 0.0833. The Hall–Kier alpha value is -2.70. The summed E-state index contributed by atoms with van der Waals surface area (Å²) in [6, 6.07) is 21.2. The van der Waals surface area contributed by atoms with Gasteiger partial charge in [0.05, 0.1) is 8.04 Å². The minimum Gasteiger partial charge on any atom is -0.487 e. The molecule has 0 saturated carbocycles. The van der Waals surface area contributed by atoms with Crippen LogP contribution in [0.3, 0.4) is 0 Å². The van der Waals surface area contributed by atoms with Gasteiger partial charge in [-0.3, -0.25) is 4.79 Å². The number of amides is 1. The number of hydrogen-bond donors (Lipinski definition) is 1. The largest absolute Gasteiger partial charge is 0.487 e. The summed E-state index contributed by atoms with van der Waals surface area (Å²) in [6.07, 6.45) is 1.54. The average Bonchev–Trinajstić information content (AvgIpc) is 2.77. The minimum atomic E-state index is -0.436. The highest BCUT2D eigenvalue weighted by Gasteiger charge is 2.12. The van der Waals surface area contributed by atoms with Crippen LogP contribution in [0.2, 0.25) is 0 Å². The van der Waals surface area contributed by atoms with Crippen LogP contribution in [0.4, 0.5) is 4.39 Å². The summed E-state index contributed by atoms with van der Waals surface area (Å²) in [5.41, 5.74) is 2.50. The molecule has 0 heterocycles. The van der Waals surface area contributed by atoms with E-state index in [2.05, 4.69) is 43.8 Å². The molecule has 0 bridgehead atoms. The van der Waals surface area contributed by atoms with Crippen LogP contribution < -0.4 is 10.1 Å². The van der Waals surface area contributed by atoms with E-state index >= 15 is 0 Å². The van der Waals surface area contributed by atoms with Gasteiger partial charge in [-0.2, -0.15) is 5.26 Å². The summed E-state index contributed by atoms with van der Waals surface area (Å²) in [4.78, 5) is 12.4. The van der Waals surface area contributed by atoms with Crippen molar-refractivity contribution in [1.29, 1.82) is 5.26 Å². The van der Waals surface area contributed by atoms with Gasteiger partial charge in [-0.1, -0.05) is 42.5 Å². The van der Waals surface area contributed by atoms with Gasteiger partial charge in [0, 0.05) is 6.54 Å². The van der Waals surface area contributed by atoms with E-state index in [-0.39, 0.29) is 18.0 Å². The summed E-state index contributed by atoms with van der Waals surface area (Å²) in [5, 5.41) is 12.2. The van der Waals surface area contributed by atoms with E-state index in [1.807, 2.05) is 42.5 Å². The van der Waals surface area contributed by atoms with Crippen LogP contribution in [0.1, 0.15) is 16.7 Å². The van der Waals surface area contributed by atoms with E-state index in [0.29, 0.717) is 22.3 Å². The third kappa shape index (κ3) is 6.64. The fourth-order valence-electron chi connectivity index (χ4n) is 2.73. The van der Waals surface area contributed by atoms with Gasteiger partial charge in [0.15, 0.2) is 0 Å². The molecule has 0 radical (unpaired) electrons. The first kappa shape index (κ1) is 23.0. The van der Waals surface area contributed by atoms with Gasteiger partial charge in [-0.15, -0.1) is 0 Å². The van der Waals surface area contributed by atoms with Crippen molar-refractivity contribution in [3.05, 3.63) is 103 Å². The highest BCUT2D eigenvalue weighted by atomic mass is 127. The molecule has 1 N–H and O–H groups in total. The number of carbonyl (C=O) groups is 1. The van der Waals surface area contributed by atoms with E-state index < -0.39 is 5.91 Å². The van der Waals surface area contributed by atoms with Crippen LogP contribution >= 0.6 is 38.5 Å². The van der Waals surface area contributed by atoms with Gasteiger partial charge < -0.3 is 10.1 Å². The predicted molar refractivity (Wildman–Crippen MR) is 129 cm³/mol. The molecule has 0 spiro atoms. The van der Waals surface area contributed by atoms with E-state index in [0.717, 1.165) is 14.7 Å². The molecule has 0 aliphatic carbocycles. The van der Waals surface area contributed by atoms with Crippen molar-refractivity contribution in [2.75, 3.05) is 0 Å². The standard InChI is InChI=1S/C24H17BrFIN2O2/c25-21-11-18(10-19(13-28)24(30)29-14-16-4-2-1-3-5-16)12-22(27)23(21)31-15-17-6-8-20(26)9-7-17/h1-12H,14-15H2,(H,29,30)/b19-10-. The Morgan fingerprint density at radius 2 is 1.84 bits per heavy atom. The lowest BCUT2D eigenvalue weighted by Crippen LogP contribution is -2.23. The van der Waals surface area contributed by atoms with E-state index in [9.17, 15) is 14.4 Å². The smallest absolute Gasteiger partial charge is 0.262 e. The van der Waals surface area contributed by atoms with Gasteiger partial charge >= 0.3 is 0 Å². The highest BCUT2D eigenvalue weighted by molar-refractivity contribution is 14.1. The lowest BCUT2D eigenvalue weighted by atomic mass is 10.1. The van der Waals surface area contributed by atoms with Crippen LogP contribution in [-0.4, -0.2) is 5.91 Å². The van der Waals surface area contributed by atoms with Crippen molar-refractivity contribution in [1.82, 2.24) is 5.32 Å². The summed E-state index contributed by atoms with van der Waals surface area (Å²) in [7, 11) is 0. The molecule has 7 heteroatoms. The summed E-state index contributed by atoms with van der Waals surface area (Å²) >= 11 is 5.62. The molecular formula is C24H17BrFIN2O2. The van der Waals surface area contributed by atoms with Crippen LogP contribution in [0, 0.1) is 20.7 Å². The average molecular weight is 591 g/mol. The Morgan fingerprint density at radius 1 is 1.13 bits per heavy atom. The first-order valence-corrected chi connectivity index (χ1v) is 11.1. The van der Waals surface area contributed by atoms with Gasteiger partial charge in [-0.05, 0) is 85.6 Å². The number of nitriles is 1. The lowest BCUT2D eigenvalue weighted by molar-refractivity contribution is -0.117.